The zero-order valence-electron chi connectivity index (χ0n) is 6.56. The quantitative estimate of drug-likeness (QED) is 0.630. The Morgan fingerprint density at radius 1 is 0.923 bits per heavy atom. The van der Waals surface area contributed by atoms with Gasteiger partial charge in [-0.1, -0.05) is 0 Å². The number of rotatable bonds is 3. The van der Waals surface area contributed by atoms with Gasteiger partial charge in [0, 0.05) is 0 Å². The smallest absolute Gasteiger partial charge is 0.247 e. The lowest BCUT2D eigenvalue weighted by atomic mass is 9.99. The van der Waals surface area contributed by atoms with E-state index >= 15 is 0 Å². The second-order valence-electron chi connectivity index (χ2n) is 2.84. The van der Waals surface area contributed by atoms with Gasteiger partial charge in [-0.3, -0.25) is 0 Å². The maximum absolute atomic E-state index is 12.5. The van der Waals surface area contributed by atoms with E-state index in [1.165, 1.54) is 0 Å². The molecule has 0 radical (unpaired) electrons. The van der Waals surface area contributed by atoms with E-state index in [2.05, 4.69) is 0 Å². The fraction of sp³-hybridized carbons (Fsp3) is 1.00. The Kier molecular flexibility index (Phi) is 3.21. The van der Waals surface area contributed by atoms with Crippen LogP contribution in [0.1, 0.15) is 13.3 Å². The van der Waals surface area contributed by atoms with Gasteiger partial charge >= 0.3 is 6.18 Å². The third-order valence-corrected chi connectivity index (χ3v) is 1.31. The molecule has 0 aromatic rings. The fourth-order valence-corrected chi connectivity index (χ4v) is 0.715. The van der Waals surface area contributed by atoms with Crippen LogP contribution in [0.15, 0.2) is 0 Å². The number of hydrogen-bond donors (Lipinski definition) is 0. The molecule has 0 aliphatic heterocycles. The molecule has 1 atom stereocenters. The predicted octanol–water partition coefficient (Wildman–Crippen LogP) is 3.27. The SMILES string of the molecule is CC(F)(F)CC(F)(CF)C(F)(F)F. The van der Waals surface area contributed by atoms with Gasteiger partial charge in [0.05, 0.1) is 6.42 Å². The van der Waals surface area contributed by atoms with Crippen LogP contribution < -0.4 is 0 Å². The van der Waals surface area contributed by atoms with Crippen molar-refractivity contribution in [1.82, 2.24) is 0 Å². The van der Waals surface area contributed by atoms with Gasteiger partial charge in [-0.2, -0.15) is 13.2 Å². The fourth-order valence-electron chi connectivity index (χ4n) is 0.715. The van der Waals surface area contributed by atoms with Gasteiger partial charge in [-0.15, -0.1) is 0 Å². The molecule has 0 aliphatic carbocycles. The zero-order chi connectivity index (χ0) is 10.9. The van der Waals surface area contributed by atoms with E-state index in [4.69, 9.17) is 0 Å². The molecule has 0 bridgehead atoms. The average Bonchev–Trinajstić information content (AvgIpc) is 1.81. The van der Waals surface area contributed by atoms with Crippen LogP contribution >= 0.6 is 0 Å². The van der Waals surface area contributed by atoms with Crippen molar-refractivity contribution in [2.24, 2.45) is 0 Å². The summed E-state index contributed by atoms with van der Waals surface area (Å²) >= 11 is 0. The highest BCUT2D eigenvalue weighted by atomic mass is 19.4. The standard InChI is InChI=1S/C6H7F7/c1-4(8,9)2-5(10,3-7)6(11,12)13/h2-3H2,1H3. The second-order valence-corrected chi connectivity index (χ2v) is 2.84. The largest absolute Gasteiger partial charge is 0.425 e. The van der Waals surface area contributed by atoms with Crippen molar-refractivity contribution in [1.29, 1.82) is 0 Å². The summed E-state index contributed by atoms with van der Waals surface area (Å²) in [6.45, 7) is -2.40. The molecule has 7 heteroatoms. The molecule has 0 aromatic heterocycles. The first-order valence-corrected chi connectivity index (χ1v) is 3.21. The molecular formula is C6H7F7. The highest BCUT2D eigenvalue weighted by Crippen LogP contribution is 2.41. The first kappa shape index (κ1) is 12.5. The summed E-state index contributed by atoms with van der Waals surface area (Å²) in [7, 11) is 0. The normalized spacial score (nSPS) is 18.5. The van der Waals surface area contributed by atoms with Crippen LogP contribution in [-0.2, 0) is 0 Å². The van der Waals surface area contributed by atoms with Crippen LogP contribution in [-0.4, -0.2) is 24.4 Å². The molecule has 80 valence electrons. The summed E-state index contributed by atoms with van der Waals surface area (Å²) < 4.78 is 83.3. The molecule has 0 amide bonds. The Hall–Kier alpha value is -0.490. The Balaban J connectivity index is 4.67. The van der Waals surface area contributed by atoms with Crippen LogP contribution in [0, 0.1) is 0 Å². The minimum absolute atomic E-state index is 0.0999. The van der Waals surface area contributed by atoms with Gasteiger partial charge in [0.1, 0.15) is 6.67 Å². The first-order valence-electron chi connectivity index (χ1n) is 3.21. The second kappa shape index (κ2) is 3.34. The Morgan fingerprint density at radius 3 is 1.38 bits per heavy atom. The summed E-state index contributed by atoms with van der Waals surface area (Å²) in [4.78, 5) is 0. The van der Waals surface area contributed by atoms with Crippen LogP contribution in [0.4, 0.5) is 30.7 Å². The molecule has 0 spiro atoms. The highest BCUT2D eigenvalue weighted by Gasteiger charge is 2.59. The maximum atomic E-state index is 12.5. The molecule has 0 N–H and O–H groups in total. The van der Waals surface area contributed by atoms with E-state index in [0.717, 1.165) is 0 Å². The van der Waals surface area contributed by atoms with Crippen molar-refractivity contribution in [3.05, 3.63) is 0 Å². The van der Waals surface area contributed by atoms with Gasteiger partial charge in [0.25, 0.3) is 0 Å². The van der Waals surface area contributed by atoms with E-state index in [-0.39, 0.29) is 6.92 Å². The first-order chi connectivity index (χ1) is 5.52. The van der Waals surface area contributed by atoms with Gasteiger partial charge < -0.3 is 0 Å². The third kappa shape index (κ3) is 3.40. The molecule has 0 aliphatic rings. The van der Waals surface area contributed by atoms with Crippen LogP contribution in [0.3, 0.4) is 0 Å². The van der Waals surface area contributed by atoms with Crippen molar-refractivity contribution in [2.75, 3.05) is 6.67 Å². The summed E-state index contributed by atoms with van der Waals surface area (Å²) in [6, 6.07) is 0. The predicted molar refractivity (Wildman–Crippen MR) is 31.1 cm³/mol. The third-order valence-electron chi connectivity index (χ3n) is 1.31. The molecule has 0 fully saturated rings. The molecule has 0 aromatic carbocycles. The Morgan fingerprint density at radius 2 is 1.31 bits per heavy atom. The van der Waals surface area contributed by atoms with E-state index in [0.29, 0.717) is 0 Å². The van der Waals surface area contributed by atoms with Crippen molar-refractivity contribution < 1.29 is 30.7 Å². The van der Waals surface area contributed by atoms with E-state index in [9.17, 15) is 30.7 Å². The lowest BCUT2D eigenvalue weighted by Gasteiger charge is -2.27. The summed E-state index contributed by atoms with van der Waals surface area (Å²) in [6.07, 6.45) is -7.80. The van der Waals surface area contributed by atoms with Crippen molar-refractivity contribution in [3.63, 3.8) is 0 Å². The van der Waals surface area contributed by atoms with Gasteiger partial charge in [-0.25, -0.2) is 17.6 Å². The summed E-state index contributed by atoms with van der Waals surface area (Å²) in [5.74, 6) is -3.89. The summed E-state index contributed by atoms with van der Waals surface area (Å²) in [5, 5.41) is 0. The average molecular weight is 212 g/mol. The number of hydrogen-bond acceptors (Lipinski definition) is 0. The lowest BCUT2D eigenvalue weighted by Crippen LogP contribution is -2.46. The van der Waals surface area contributed by atoms with Crippen LogP contribution in [0.2, 0.25) is 0 Å². The maximum Gasteiger partial charge on any atom is 0.425 e. The zero-order valence-corrected chi connectivity index (χ0v) is 6.56. The van der Waals surface area contributed by atoms with Crippen molar-refractivity contribution in [2.45, 2.75) is 31.1 Å². The highest BCUT2D eigenvalue weighted by molar-refractivity contribution is 4.90. The topological polar surface area (TPSA) is 0 Å². The number of alkyl halides is 7. The number of halogens is 7. The van der Waals surface area contributed by atoms with Gasteiger partial charge in [-0.05, 0) is 6.92 Å². The Labute approximate surface area is 69.7 Å². The van der Waals surface area contributed by atoms with Crippen LogP contribution in [0.25, 0.3) is 0 Å². The molecule has 0 nitrogen and oxygen atoms in total. The van der Waals surface area contributed by atoms with E-state index < -0.39 is 30.9 Å². The van der Waals surface area contributed by atoms with Gasteiger partial charge in [0.2, 0.25) is 11.6 Å². The minimum Gasteiger partial charge on any atom is -0.247 e. The van der Waals surface area contributed by atoms with Gasteiger partial charge in [0.15, 0.2) is 0 Å². The molecule has 1 unspecified atom stereocenters. The monoisotopic (exact) mass is 212 g/mol. The van der Waals surface area contributed by atoms with Crippen molar-refractivity contribution in [3.8, 4) is 0 Å². The lowest BCUT2D eigenvalue weighted by molar-refractivity contribution is -0.252. The molecule has 0 heterocycles. The van der Waals surface area contributed by atoms with E-state index in [1.807, 2.05) is 0 Å². The molecular weight excluding hydrogens is 205 g/mol. The summed E-state index contributed by atoms with van der Waals surface area (Å²) in [5.41, 5.74) is -4.45. The molecule has 13 heavy (non-hydrogen) atoms. The van der Waals surface area contributed by atoms with E-state index in [1.54, 1.807) is 0 Å². The molecule has 0 saturated heterocycles. The molecule has 0 saturated carbocycles. The molecule has 0 rings (SSSR count). The Bertz CT molecular complexity index is 167. The van der Waals surface area contributed by atoms with Crippen LogP contribution in [0.5, 0.6) is 0 Å². The minimum atomic E-state index is -5.61. The van der Waals surface area contributed by atoms with Crippen molar-refractivity contribution >= 4 is 0 Å².